The maximum atomic E-state index is 13.6. The lowest BCUT2D eigenvalue weighted by Gasteiger charge is -2.35. The zero-order chi connectivity index (χ0) is 21.3. The maximum absolute atomic E-state index is 13.6. The van der Waals surface area contributed by atoms with Crippen LogP contribution in [0, 0.1) is 13.8 Å². The summed E-state index contributed by atoms with van der Waals surface area (Å²) in [4.78, 5) is 4.47. The number of hydrogen-bond donors (Lipinski definition) is 0. The monoisotopic (exact) mass is 440 g/mol. The summed E-state index contributed by atoms with van der Waals surface area (Å²) in [6.07, 6.45) is 6.30. The van der Waals surface area contributed by atoms with Crippen LogP contribution in [0.25, 0.3) is 11.1 Å². The zero-order valence-corrected chi connectivity index (χ0v) is 18.7. The van der Waals surface area contributed by atoms with Crippen LogP contribution in [0.3, 0.4) is 0 Å². The van der Waals surface area contributed by atoms with Crippen molar-refractivity contribution >= 4 is 21.6 Å². The van der Waals surface area contributed by atoms with E-state index in [9.17, 15) is 8.42 Å². The van der Waals surface area contributed by atoms with Gasteiger partial charge in [-0.05, 0) is 78.8 Å². The number of pyridine rings is 1. The molecule has 6 heteroatoms. The van der Waals surface area contributed by atoms with Gasteiger partial charge in [-0.15, -0.1) is 0 Å². The van der Waals surface area contributed by atoms with Crippen LogP contribution in [0.4, 0.5) is 0 Å². The molecule has 0 aliphatic carbocycles. The Bertz CT molecular complexity index is 1180. The number of piperidine rings is 1. The van der Waals surface area contributed by atoms with Gasteiger partial charge in [-0.2, -0.15) is 4.31 Å². The van der Waals surface area contributed by atoms with E-state index in [2.05, 4.69) is 17.1 Å². The van der Waals surface area contributed by atoms with Crippen molar-refractivity contribution in [3.05, 3.63) is 82.6 Å². The first kappa shape index (κ1) is 21.0. The molecule has 1 aliphatic heterocycles. The molecule has 4 rings (SSSR count). The Kier molecular flexibility index (Phi) is 5.96. The summed E-state index contributed by atoms with van der Waals surface area (Å²) in [7, 11) is -3.66. The standard InChI is InChI=1S/C24H25ClN2O2S/c1-17-16-26-13-12-21(17)19-7-5-8-20(15-19)23-10-3-4-14-27(23)30(28,29)24-11-6-9-22(25)18(24)2/h5-9,11-13,15-16,23H,3-4,10,14H2,1-2H3. The molecule has 1 aromatic heterocycles. The SMILES string of the molecule is Cc1cnccc1-c1cccc(C2CCCCN2S(=O)(=O)c2cccc(Cl)c2C)c1. The molecule has 0 bridgehead atoms. The van der Waals surface area contributed by atoms with Gasteiger partial charge in [0, 0.05) is 24.0 Å². The van der Waals surface area contributed by atoms with Crippen LogP contribution in [0.1, 0.15) is 42.0 Å². The second-order valence-corrected chi connectivity index (χ2v) is 10.1. The van der Waals surface area contributed by atoms with Crippen LogP contribution in [0.2, 0.25) is 5.02 Å². The minimum Gasteiger partial charge on any atom is -0.264 e. The zero-order valence-electron chi connectivity index (χ0n) is 17.2. The van der Waals surface area contributed by atoms with E-state index in [1.54, 1.807) is 35.6 Å². The fourth-order valence-corrected chi connectivity index (χ4v) is 6.39. The van der Waals surface area contributed by atoms with Crippen molar-refractivity contribution in [2.24, 2.45) is 0 Å². The Balaban J connectivity index is 1.76. The molecular weight excluding hydrogens is 416 g/mol. The van der Waals surface area contributed by atoms with E-state index in [0.29, 0.717) is 22.0 Å². The molecule has 0 N–H and O–H groups in total. The third-order valence-corrected chi connectivity index (χ3v) is 8.32. The third-order valence-electron chi connectivity index (χ3n) is 5.86. The minimum absolute atomic E-state index is 0.191. The van der Waals surface area contributed by atoms with Crippen LogP contribution in [-0.4, -0.2) is 24.3 Å². The summed E-state index contributed by atoms with van der Waals surface area (Å²) in [6.45, 7) is 4.31. The first-order chi connectivity index (χ1) is 14.4. The number of aromatic nitrogens is 1. The molecule has 0 saturated carbocycles. The molecule has 0 amide bonds. The second-order valence-electron chi connectivity index (χ2n) is 7.81. The van der Waals surface area contributed by atoms with Crippen LogP contribution in [0.5, 0.6) is 0 Å². The predicted molar refractivity (Wildman–Crippen MR) is 121 cm³/mol. The third kappa shape index (κ3) is 3.89. The first-order valence-electron chi connectivity index (χ1n) is 10.2. The lowest BCUT2D eigenvalue weighted by atomic mass is 9.94. The molecule has 3 aromatic rings. The van der Waals surface area contributed by atoms with E-state index in [-0.39, 0.29) is 6.04 Å². The Morgan fingerprint density at radius 3 is 2.67 bits per heavy atom. The van der Waals surface area contributed by atoms with Crippen molar-refractivity contribution in [1.82, 2.24) is 9.29 Å². The summed E-state index contributed by atoms with van der Waals surface area (Å²) in [6, 6.07) is 15.1. The second kappa shape index (κ2) is 8.50. The fourth-order valence-electron chi connectivity index (χ4n) is 4.23. The first-order valence-corrected chi connectivity index (χ1v) is 12.0. The highest BCUT2D eigenvalue weighted by Gasteiger charge is 2.35. The number of rotatable bonds is 4. The summed E-state index contributed by atoms with van der Waals surface area (Å²) >= 11 is 6.23. The van der Waals surface area contributed by atoms with Crippen LogP contribution in [0.15, 0.2) is 65.8 Å². The summed E-state index contributed by atoms with van der Waals surface area (Å²) in [5.74, 6) is 0. The van der Waals surface area contributed by atoms with Crippen LogP contribution >= 0.6 is 11.6 Å². The Morgan fingerprint density at radius 2 is 1.87 bits per heavy atom. The normalized spacial score (nSPS) is 17.8. The van der Waals surface area contributed by atoms with Gasteiger partial charge < -0.3 is 0 Å². The lowest BCUT2D eigenvalue weighted by Crippen LogP contribution is -2.38. The molecule has 1 aliphatic rings. The van der Waals surface area contributed by atoms with Crippen molar-refractivity contribution in [2.75, 3.05) is 6.54 Å². The number of hydrogen-bond acceptors (Lipinski definition) is 3. The smallest absolute Gasteiger partial charge is 0.243 e. The van der Waals surface area contributed by atoms with E-state index in [1.807, 2.05) is 31.3 Å². The number of sulfonamides is 1. The molecule has 2 heterocycles. The van der Waals surface area contributed by atoms with Gasteiger partial charge in [0.1, 0.15) is 0 Å². The largest absolute Gasteiger partial charge is 0.264 e. The highest BCUT2D eigenvalue weighted by atomic mass is 35.5. The molecule has 0 radical (unpaired) electrons. The van der Waals surface area contributed by atoms with Gasteiger partial charge in [0.25, 0.3) is 0 Å². The quantitative estimate of drug-likeness (QED) is 0.504. The molecule has 30 heavy (non-hydrogen) atoms. The van der Waals surface area contributed by atoms with E-state index in [4.69, 9.17) is 11.6 Å². The molecule has 0 spiro atoms. The van der Waals surface area contributed by atoms with Gasteiger partial charge in [0.2, 0.25) is 10.0 Å². The Labute approximate surface area is 183 Å². The van der Waals surface area contributed by atoms with Gasteiger partial charge in [-0.1, -0.05) is 42.3 Å². The molecule has 1 saturated heterocycles. The average Bonchev–Trinajstić information content (AvgIpc) is 2.76. The number of halogens is 1. The van der Waals surface area contributed by atoms with Gasteiger partial charge in [0.15, 0.2) is 0 Å². The number of nitrogens with zero attached hydrogens (tertiary/aromatic N) is 2. The minimum atomic E-state index is -3.66. The molecule has 4 nitrogen and oxygen atoms in total. The fraction of sp³-hybridized carbons (Fsp3) is 0.292. The molecule has 156 valence electrons. The van der Waals surface area contributed by atoms with Gasteiger partial charge in [-0.25, -0.2) is 8.42 Å². The summed E-state index contributed by atoms with van der Waals surface area (Å²) in [5.41, 5.74) is 4.91. The Morgan fingerprint density at radius 1 is 1.07 bits per heavy atom. The number of aryl methyl sites for hydroxylation is 1. The summed E-state index contributed by atoms with van der Waals surface area (Å²) < 4.78 is 28.9. The van der Waals surface area contributed by atoms with Crippen molar-refractivity contribution in [1.29, 1.82) is 0 Å². The lowest BCUT2D eigenvalue weighted by molar-refractivity contribution is 0.256. The van der Waals surface area contributed by atoms with Gasteiger partial charge >= 0.3 is 0 Å². The predicted octanol–water partition coefficient (Wildman–Crippen LogP) is 5.93. The van der Waals surface area contributed by atoms with E-state index >= 15 is 0 Å². The molecule has 1 fully saturated rings. The van der Waals surface area contributed by atoms with E-state index < -0.39 is 10.0 Å². The number of benzene rings is 2. The Hall–Kier alpha value is -2.21. The topological polar surface area (TPSA) is 50.3 Å². The molecule has 1 atom stereocenters. The van der Waals surface area contributed by atoms with Gasteiger partial charge in [-0.3, -0.25) is 4.98 Å². The average molecular weight is 441 g/mol. The van der Waals surface area contributed by atoms with Gasteiger partial charge in [0.05, 0.1) is 10.9 Å². The summed E-state index contributed by atoms with van der Waals surface area (Å²) in [5, 5.41) is 0.472. The molecular formula is C24H25ClN2O2S. The highest BCUT2D eigenvalue weighted by Crippen LogP contribution is 2.38. The van der Waals surface area contributed by atoms with Crippen molar-refractivity contribution in [3.63, 3.8) is 0 Å². The molecule has 2 aromatic carbocycles. The van der Waals surface area contributed by atoms with E-state index in [1.165, 1.54) is 0 Å². The maximum Gasteiger partial charge on any atom is 0.243 e. The van der Waals surface area contributed by atoms with Crippen molar-refractivity contribution < 1.29 is 8.42 Å². The molecule has 1 unspecified atom stereocenters. The van der Waals surface area contributed by atoms with Crippen LogP contribution < -0.4 is 0 Å². The highest BCUT2D eigenvalue weighted by molar-refractivity contribution is 7.89. The van der Waals surface area contributed by atoms with Crippen molar-refractivity contribution in [3.8, 4) is 11.1 Å². The van der Waals surface area contributed by atoms with Crippen molar-refractivity contribution in [2.45, 2.75) is 44.0 Å². The van der Waals surface area contributed by atoms with E-state index in [0.717, 1.165) is 41.5 Å². The van der Waals surface area contributed by atoms with Crippen LogP contribution in [-0.2, 0) is 10.0 Å².